The molecule has 4 aromatic rings. The maximum atomic E-state index is 13.5. The number of nitrogens with zero attached hydrogens (tertiary/aromatic N) is 7. The fraction of sp³-hybridized carbons (Fsp3) is 0.375. The summed E-state index contributed by atoms with van der Waals surface area (Å²) in [5, 5.41) is 3.05. The number of hydrogen-bond acceptors (Lipinski definition) is 10. The van der Waals surface area contributed by atoms with Crippen molar-refractivity contribution in [2.24, 2.45) is 0 Å². The Bertz CT molecular complexity index is 1550. The van der Waals surface area contributed by atoms with Crippen molar-refractivity contribution in [3.8, 4) is 11.4 Å². The normalized spacial score (nSPS) is 12.6. The first-order chi connectivity index (χ1) is 17.3. The predicted octanol–water partition coefficient (Wildman–Crippen LogP) is 2.98. The maximum Gasteiger partial charge on any atom is 0.295 e. The summed E-state index contributed by atoms with van der Waals surface area (Å²) in [5.74, 6) is 0.581. The monoisotopic (exact) mass is 508 g/mol. The molecular formula is C24H28N8O3S. The summed E-state index contributed by atoms with van der Waals surface area (Å²) in [5.41, 5.74) is 2.69. The van der Waals surface area contributed by atoms with Crippen LogP contribution in [0, 0.1) is 0 Å². The Hall–Kier alpha value is -3.80. The topological polar surface area (TPSA) is 146 Å². The molecule has 0 amide bonds. The van der Waals surface area contributed by atoms with Crippen LogP contribution in [0.25, 0.3) is 22.6 Å². The largest absolute Gasteiger partial charge is 0.360 e. The van der Waals surface area contributed by atoms with Crippen LogP contribution in [0.5, 0.6) is 0 Å². The Balaban J connectivity index is 1.72. The molecule has 1 atom stereocenters. The van der Waals surface area contributed by atoms with Crippen LogP contribution < -0.4 is 10.9 Å². The number of fused-ring (bicyclic) bond motifs is 1. The van der Waals surface area contributed by atoms with E-state index >= 15 is 0 Å². The fourth-order valence-corrected chi connectivity index (χ4v) is 4.52. The lowest BCUT2D eigenvalue weighted by Crippen LogP contribution is -2.28. The molecule has 0 radical (unpaired) electrons. The van der Waals surface area contributed by atoms with Crippen LogP contribution in [-0.2, 0) is 22.8 Å². The van der Waals surface area contributed by atoms with Crippen LogP contribution in [0.2, 0.25) is 0 Å². The van der Waals surface area contributed by atoms with Gasteiger partial charge in [0.25, 0.3) is 5.56 Å². The van der Waals surface area contributed by atoms with Crippen molar-refractivity contribution >= 4 is 26.8 Å². The first kappa shape index (κ1) is 25.3. The summed E-state index contributed by atoms with van der Waals surface area (Å²) in [6.07, 6.45) is 7.49. The highest BCUT2D eigenvalue weighted by atomic mass is 32.2. The van der Waals surface area contributed by atoms with E-state index in [4.69, 9.17) is 4.98 Å². The molecule has 12 heteroatoms. The molecular weight excluding hydrogens is 480 g/mol. The van der Waals surface area contributed by atoms with Gasteiger partial charge in [0.2, 0.25) is 0 Å². The minimum Gasteiger partial charge on any atom is -0.360 e. The lowest BCUT2D eigenvalue weighted by Gasteiger charge is -2.17. The van der Waals surface area contributed by atoms with E-state index in [1.807, 2.05) is 20.8 Å². The highest BCUT2D eigenvalue weighted by Gasteiger charge is 2.19. The number of sulfone groups is 1. The number of pyridine rings is 1. The van der Waals surface area contributed by atoms with Crippen LogP contribution in [0.1, 0.15) is 51.5 Å². The van der Waals surface area contributed by atoms with Crippen LogP contribution in [-0.4, -0.2) is 48.6 Å². The Morgan fingerprint density at radius 3 is 2.50 bits per heavy atom. The fourth-order valence-electron chi connectivity index (χ4n) is 3.70. The van der Waals surface area contributed by atoms with E-state index in [9.17, 15) is 13.2 Å². The van der Waals surface area contributed by atoms with E-state index in [1.165, 1.54) is 18.6 Å². The summed E-state index contributed by atoms with van der Waals surface area (Å²) in [7, 11) is -3.33. The first-order valence-electron chi connectivity index (χ1n) is 11.8. The molecule has 4 heterocycles. The van der Waals surface area contributed by atoms with Crippen molar-refractivity contribution < 1.29 is 8.42 Å². The Labute approximate surface area is 209 Å². The number of aromatic nitrogens is 7. The molecule has 0 fully saturated rings. The molecule has 0 aliphatic rings. The highest BCUT2D eigenvalue weighted by Crippen LogP contribution is 2.22. The molecule has 188 valence electrons. The van der Waals surface area contributed by atoms with Gasteiger partial charge in [0.15, 0.2) is 27.1 Å². The van der Waals surface area contributed by atoms with Gasteiger partial charge in [-0.1, -0.05) is 20.8 Å². The number of hydrogen-bond donors (Lipinski definition) is 1. The summed E-state index contributed by atoms with van der Waals surface area (Å²) in [6, 6.07) is 2.99. The average molecular weight is 509 g/mol. The number of rotatable bonds is 9. The van der Waals surface area contributed by atoms with E-state index < -0.39 is 9.84 Å². The molecule has 0 aliphatic heterocycles. The van der Waals surface area contributed by atoms with Crippen molar-refractivity contribution in [3.63, 3.8) is 0 Å². The second-order valence-corrected chi connectivity index (χ2v) is 10.6. The molecule has 4 rings (SSSR count). The number of anilines is 1. The maximum absolute atomic E-state index is 13.5. The number of nitrogens with one attached hydrogen (secondary N) is 1. The Morgan fingerprint density at radius 1 is 1.03 bits per heavy atom. The molecule has 0 spiro atoms. The lowest BCUT2D eigenvalue weighted by molar-refractivity contribution is 0.526. The SMILES string of the molecule is CCc1ncncc1-c1ncc2nc(NCc3ccc(S(=O)(=O)CC)cn3)c(=O)n([C@@H](C)CC)c2n1. The van der Waals surface area contributed by atoms with Crippen molar-refractivity contribution in [2.45, 2.75) is 58.0 Å². The number of aryl methyl sites for hydroxylation is 1. The van der Waals surface area contributed by atoms with Gasteiger partial charge in [0.1, 0.15) is 11.8 Å². The molecule has 1 N–H and O–H groups in total. The second kappa shape index (κ2) is 10.4. The van der Waals surface area contributed by atoms with Crippen molar-refractivity contribution in [3.05, 3.63) is 58.8 Å². The van der Waals surface area contributed by atoms with E-state index in [-0.39, 0.29) is 34.6 Å². The molecule has 0 saturated heterocycles. The van der Waals surface area contributed by atoms with Gasteiger partial charge in [0.05, 0.1) is 40.3 Å². The molecule has 0 aliphatic carbocycles. The highest BCUT2D eigenvalue weighted by molar-refractivity contribution is 7.91. The van der Waals surface area contributed by atoms with Crippen molar-refractivity contribution in [1.82, 2.24) is 34.5 Å². The van der Waals surface area contributed by atoms with Gasteiger partial charge in [-0.25, -0.2) is 33.3 Å². The minimum absolute atomic E-state index is 0.00325. The minimum atomic E-state index is -3.33. The van der Waals surface area contributed by atoms with E-state index in [1.54, 1.807) is 30.0 Å². The average Bonchev–Trinajstić information content (AvgIpc) is 2.91. The van der Waals surface area contributed by atoms with Gasteiger partial charge in [0, 0.05) is 18.4 Å². The van der Waals surface area contributed by atoms with E-state index in [0.29, 0.717) is 41.1 Å². The molecule has 0 saturated carbocycles. The predicted molar refractivity (Wildman–Crippen MR) is 136 cm³/mol. The van der Waals surface area contributed by atoms with Gasteiger partial charge >= 0.3 is 0 Å². The molecule has 0 unspecified atom stereocenters. The van der Waals surface area contributed by atoms with Gasteiger partial charge in [-0.2, -0.15) is 0 Å². The van der Waals surface area contributed by atoms with Crippen LogP contribution in [0.4, 0.5) is 5.82 Å². The second-order valence-electron chi connectivity index (χ2n) is 8.27. The first-order valence-corrected chi connectivity index (χ1v) is 13.4. The lowest BCUT2D eigenvalue weighted by atomic mass is 10.2. The molecule has 0 bridgehead atoms. The zero-order valence-electron chi connectivity index (χ0n) is 20.6. The quantitative estimate of drug-likeness (QED) is 0.358. The summed E-state index contributed by atoms with van der Waals surface area (Å²) >= 11 is 0. The summed E-state index contributed by atoms with van der Waals surface area (Å²) < 4.78 is 25.6. The van der Waals surface area contributed by atoms with Crippen LogP contribution in [0.15, 0.2) is 46.7 Å². The van der Waals surface area contributed by atoms with Gasteiger partial charge in [-0.05, 0) is 31.9 Å². The Morgan fingerprint density at radius 2 is 1.83 bits per heavy atom. The Kier molecular flexibility index (Phi) is 7.34. The van der Waals surface area contributed by atoms with E-state index in [2.05, 4.69) is 30.2 Å². The molecule has 0 aromatic carbocycles. The molecule has 36 heavy (non-hydrogen) atoms. The smallest absolute Gasteiger partial charge is 0.295 e. The summed E-state index contributed by atoms with van der Waals surface area (Å²) in [6.45, 7) is 7.72. The van der Waals surface area contributed by atoms with Crippen LogP contribution >= 0.6 is 0 Å². The third-order valence-electron chi connectivity index (χ3n) is 6.01. The zero-order chi connectivity index (χ0) is 25.9. The third kappa shape index (κ3) is 4.94. The molecule has 4 aromatic heterocycles. The van der Waals surface area contributed by atoms with Crippen molar-refractivity contribution in [2.75, 3.05) is 11.1 Å². The standard InChI is InChI=1S/C24H28N8O3S/c1-5-15(4)32-23-20(13-28-21(31-23)18-12-25-14-29-19(18)6-2)30-22(24(32)33)27-10-16-8-9-17(11-26-16)36(34,35)7-3/h8-9,11-15H,5-7,10H2,1-4H3,(H,27,30)/t15-/m0/s1. The van der Waals surface area contributed by atoms with Crippen LogP contribution in [0.3, 0.4) is 0 Å². The molecule has 11 nitrogen and oxygen atoms in total. The van der Waals surface area contributed by atoms with Gasteiger partial charge in [-0.3, -0.25) is 14.3 Å². The zero-order valence-corrected chi connectivity index (χ0v) is 21.4. The van der Waals surface area contributed by atoms with E-state index in [0.717, 1.165) is 5.69 Å². The van der Waals surface area contributed by atoms with Gasteiger partial charge in [-0.15, -0.1) is 0 Å². The van der Waals surface area contributed by atoms with Crippen molar-refractivity contribution in [1.29, 1.82) is 0 Å². The summed E-state index contributed by atoms with van der Waals surface area (Å²) in [4.78, 5) is 39.9. The third-order valence-corrected chi connectivity index (χ3v) is 7.73. The van der Waals surface area contributed by atoms with Gasteiger partial charge < -0.3 is 5.32 Å².